The fraction of sp³-hybridized carbons (Fsp3) is 0.0625. The third kappa shape index (κ3) is 2.59. The molecule has 0 saturated carbocycles. The predicted molar refractivity (Wildman–Crippen MR) is 79.1 cm³/mol. The molecule has 1 heterocycles. The number of imidazole rings is 1. The molecule has 0 saturated heterocycles. The van der Waals surface area contributed by atoms with Gasteiger partial charge < -0.3 is 9.67 Å². The van der Waals surface area contributed by atoms with Gasteiger partial charge in [-0.2, -0.15) is 0 Å². The summed E-state index contributed by atoms with van der Waals surface area (Å²) in [5, 5.41) is 11.0. The fourth-order valence-electron chi connectivity index (χ4n) is 2.08. The maximum atomic E-state index is 10.3. The molecule has 0 aliphatic heterocycles. The molecule has 0 radical (unpaired) electrons. The molecule has 3 nitrogen and oxygen atoms in total. The van der Waals surface area contributed by atoms with E-state index in [0.29, 0.717) is 5.02 Å². The number of rotatable bonds is 3. The highest BCUT2D eigenvalue weighted by Crippen LogP contribution is 2.24. The van der Waals surface area contributed by atoms with Crippen molar-refractivity contribution in [1.82, 2.24) is 9.55 Å². The van der Waals surface area contributed by atoms with Crippen LogP contribution in [0, 0.1) is 0 Å². The minimum atomic E-state index is -0.649. The number of nitrogens with zero attached hydrogens (tertiary/aromatic N) is 2. The number of hydrogen-bond donors (Lipinski definition) is 1. The van der Waals surface area contributed by atoms with E-state index in [0.717, 1.165) is 16.8 Å². The number of aliphatic hydroxyl groups is 1. The number of benzene rings is 2. The van der Waals surface area contributed by atoms with Crippen LogP contribution in [0.2, 0.25) is 5.02 Å². The Balaban J connectivity index is 1.85. The Morgan fingerprint density at radius 2 is 1.55 bits per heavy atom. The van der Waals surface area contributed by atoms with Crippen LogP contribution in [0.25, 0.3) is 5.69 Å². The normalized spacial score (nSPS) is 12.3. The Hall–Kier alpha value is -2.10. The molecule has 0 spiro atoms. The summed E-state index contributed by atoms with van der Waals surface area (Å²) in [7, 11) is 0. The average molecular weight is 285 g/mol. The lowest BCUT2D eigenvalue weighted by Crippen LogP contribution is -2.00. The van der Waals surface area contributed by atoms with E-state index in [4.69, 9.17) is 11.6 Å². The van der Waals surface area contributed by atoms with Crippen LogP contribution in [0.4, 0.5) is 0 Å². The summed E-state index contributed by atoms with van der Waals surface area (Å²) in [6.45, 7) is 0. The van der Waals surface area contributed by atoms with Crippen molar-refractivity contribution in [3.63, 3.8) is 0 Å². The van der Waals surface area contributed by atoms with Gasteiger partial charge in [-0.15, -0.1) is 0 Å². The van der Waals surface area contributed by atoms with Crippen molar-refractivity contribution in [2.45, 2.75) is 6.10 Å². The SMILES string of the molecule is OC(c1ccc(Cl)cc1)c1ccc(-n2ccnc2)cc1. The van der Waals surface area contributed by atoms with Crippen LogP contribution >= 0.6 is 11.6 Å². The Bertz CT molecular complexity index is 676. The maximum absolute atomic E-state index is 10.3. The third-order valence-electron chi connectivity index (χ3n) is 3.20. The second kappa shape index (κ2) is 5.49. The third-order valence-corrected chi connectivity index (χ3v) is 3.45. The highest BCUT2D eigenvalue weighted by Gasteiger charge is 2.10. The molecule has 1 aromatic heterocycles. The van der Waals surface area contributed by atoms with E-state index in [2.05, 4.69) is 4.98 Å². The van der Waals surface area contributed by atoms with Gasteiger partial charge in [0.15, 0.2) is 0 Å². The van der Waals surface area contributed by atoms with Crippen molar-refractivity contribution in [3.8, 4) is 5.69 Å². The van der Waals surface area contributed by atoms with Gasteiger partial charge in [0.1, 0.15) is 6.10 Å². The van der Waals surface area contributed by atoms with E-state index in [9.17, 15) is 5.11 Å². The number of aliphatic hydroxyl groups excluding tert-OH is 1. The number of halogens is 1. The van der Waals surface area contributed by atoms with Crippen molar-refractivity contribution in [2.75, 3.05) is 0 Å². The second-order valence-corrected chi connectivity index (χ2v) is 4.95. The van der Waals surface area contributed by atoms with Crippen LogP contribution in [-0.2, 0) is 0 Å². The summed E-state index contributed by atoms with van der Waals surface area (Å²) in [6, 6.07) is 14.9. The summed E-state index contributed by atoms with van der Waals surface area (Å²) < 4.78 is 1.92. The standard InChI is InChI=1S/C16H13ClN2O/c17-14-5-1-12(2-6-14)16(20)13-3-7-15(8-4-13)19-10-9-18-11-19/h1-11,16,20H. The van der Waals surface area contributed by atoms with E-state index < -0.39 is 6.10 Å². The van der Waals surface area contributed by atoms with Crippen molar-refractivity contribution < 1.29 is 5.11 Å². The smallest absolute Gasteiger partial charge is 0.104 e. The Morgan fingerprint density at radius 1 is 0.950 bits per heavy atom. The van der Waals surface area contributed by atoms with Gasteiger partial charge in [-0.3, -0.25) is 0 Å². The van der Waals surface area contributed by atoms with E-state index in [1.54, 1.807) is 24.7 Å². The largest absolute Gasteiger partial charge is 0.384 e. The molecule has 1 N–H and O–H groups in total. The Kier molecular flexibility index (Phi) is 3.54. The van der Waals surface area contributed by atoms with Gasteiger partial charge in [-0.1, -0.05) is 35.9 Å². The maximum Gasteiger partial charge on any atom is 0.104 e. The number of aromatic nitrogens is 2. The monoisotopic (exact) mass is 284 g/mol. The molecule has 1 atom stereocenters. The van der Waals surface area contributed by atoms with E-state index in [1.165, 1.54) is 0 Å². The van der Waals surface area contributed by atoms with Crippen molar-refractivity contribution in [1.29, 1.82) is 0 Å². The topological polar surface area (TPSA) is 38.0 Å². The van der Waals surface area contributed by atoms with Crippen molar-refractivity contribution in [3.05, 3.63) is 83.4 Å². The molecule has 20 heavy (non-hydrogen) atoms. The summed E-state index contributed by atoms with van der Waals surface area (Å²) in [6.07, 6.45) is 4.70. The molecule has 0 aliphatic carbocycles. The van der Waals surface area contributed by atoms with E-state index >= 15 is 0 Å². The average Bonchev–Trinajstić information content (AvgIpc) is 3.02. The molecule has 1 unspecified atom stereocenters. The first-order valence-electron chi connectivity index (χ1n) is 6.26. The van der Waals surface area contributed by atoms with Crippen LogP contribution in [0.5, 0.6) is 0 Å². The number of hydrogen-bond acceptors (Lipinski definition) is 2. The summed E-state index contributed by atoms with van der Waals surface area (Å²) in [5.41, 5.74) is 2.68. The minimum absolute atomic E-state index is 0.649. The van der Waals surface area contributed by atoms with Gasteiger partial charge in [0.25, 0.3) is 0 Å². The predicted octanol–water partition coefficient (Wildman–Crippen LogP) is 3.61. The Morgan fingerprint density at radius 3 is 2.10 bits per heavy atom. The first-order valence-corrected chi connectivity index (χ1v) is 6.63. The molecule has 100 valence electrons. The fourth-order valence-corrected chi connectivity index (χ4v) is 2.20. The zero-order valence-corrected chi connectivity index (χ0v) is 11.4. The molecule has 3 aromatic rings. The van der Waals surface area contributed by atoms with Gasteiger partial charge in [0.2, 0.25) is 0 Å². The molecule has 0 aliphatic rings. The van der Waals surface area contributed by atoms with Crippen LogP contribution in [0.1, 0.15) is 17.2 Å². The molecule has 4 heteroatoms. The van der Waals surface area contributed by atoms with Gasteiger partial charge in [-0.25, -0.2) is 4.98 Å². The molecule has 0 bridgehead atoms. The van der Waals surface area contributed by atoms with Crippen LogP contribution in [0.3, 0.4) is 0 Å². The van der Waals surface area contributed by atoms with Crippen LogP contribution in [-0.4, -0.2) is 14.7 Å². The lowest BCUT2D eigenvalue weighted by Gasteiger charge is -2.12. The van der Waals surface area contributed by atoms with Gasteiger partial charge in [0, 0.05) is 23.1 Å². The molecule has 2 aromatic carbocycles. The lowest BCUT2D eigenvalue weighted by atomic mass is 10.0. The van der Waals surface area contributed by atoms with E-state index in [-0.39, 0.29) is 0 Å². The highest BCUT2D eigenvalue weighted by atomic mass is 35.5. The summed E-state index contributed by atoms with van der Waals surface area (Å²) in [4.78, 5) is 4.01. The van der Waals surface area contributed by atoms with Gasteiger partial charge >= 0.3 is 0 Å². The quantitative estimate of drug-likeness (QED) is 0.798. The molecule has 3 rings (SSSR count). The first-order chi connectivity index (χ1) is 9.74. The zero-order chi connectivity index (χ0) is 13.9. The minimum Gasteiger partial charge on any atom is -0.384 e. The molecular formula is C16H13ClN2O. The van der Waals surface area contributed by atoms with Crippen molar-refractivity contribution in [2.24, 2.45) is 0 Å². The first kappa shape index (κ1) is 12.9. The van der Waals surface area contributed by atoms with E-state index in [1.807, 2.05) is 47.2 Å². The summed E-state index contributed by atoms with van der Waals surface area (Å²) >= 11 is 5.85. The molecule has 0 fully saturated rings. The highest BCUT2D eigenvalue weighted by molar-refractivity contribution is 6.30. The lowest BCUT2D eigenvalue weighted by molar-refractivity contribution is 0.220. The van der Waals surface area contributed by atoms with Crippen LogP contribution < -0.4 is 0 Å². The van der Waals surface area contributed by atoms with Crippen LogP contribution in [0.15, 0.2) is 67.3 Å². The zero-order valence-electron chi connectivity index (χ0n) is 10.6. The summed E-state index contributed by atoms with van der Waals surface area (Å²) in [5.74, 6) is 0. The molecule has 0 amide bonds. The van der Waals surface area contributed by atoms with Gasteiger partial charge in [-0.05, 0) is 35.4 Å². The van der Waals surface area contributed by atoms with Crippen molar-refractivity contribution >= 4 is 11.6 Å². The second-order valence-electron chi connectivity index (χ2n) is 4.52. The molecular weight excluding hydrogens is 272 g/mol. The van der Waals surface area contributed by atoms with Gasteiger partial charge in [0.05, 0.1) is 6.33 Å². The Labute approximate surface area is 122 Å².